The first-order chi connectivity index (χ1) is 5.29. The number of carbonyl (C=O) groups is 2. The third-order valence-corrected chi connectivity index (χ3v) is 0.662. The third kappa shape index (κ3) is 9.47. The van der Waals surface area contributed by atoms with Crippen LogP contribution < -0.4 is 10.6 Å². The summed E-state index contributed by atoms with van der Waals surface area (Å²) >= 11 is 0. The fourth-order valence-electron chi connectivity index (χ4n) is 0.376. The first-order valence-electron chi connectivity index (χ1n) is 2.51. The molecule has 12 heavy (non-hydrogen) atoms. The second kappa shape index (κ2) is 4.48. The van der Waals surface area contributed by atoms with Crippen LogP contribution in [-0.4, -0.2) is 26.9 Å². The van der Waals surface area contributed by atoms with E-state index in [9.17, 15) is 9.59 Å². The number of rotatable bonds is 0. The Hall–Kier alpha value is -0.530. The van der Waals surface area contributed by atoms with E-state index >= 15 is 0 Å². The zero-order chi connectivity index (χ0) is 9.78. The molecule has 1 saturated heterocycles. The average molecular weight is 235 g/mol. The molecular formula is C3H4Cl2N2O4S. The van der Waals surface area contributed by atoms with Gasteiger partial charge < -0.3 is 5.32 Å². The summed E-state index contributed by atoms with van der Waals surface area (Å²) in [4.78, 5) is 20.1. The normalized spacial score (nSPS) is 15.8. The molecule has 0 atom stereocenters. The van der Waals surface area contributed by atoms with Crippen LogP contribution in [0.4, 0.5) is 4.79 Å². The largest absolute Gasteiger partial charge is 0.329 e. The second-order valence-electron chi connectivity index (χ2n) is 1.61. The molecule has 9 heteroatoms. The highest BCUT2D eigenvalue weighted by molar-refractivity contribution is 8.31. The van der Waals surface area contributed by atoms with Gasteiger partial charge in [-0.3, -0.25) is 10.1 Å². The molecule has 0 radical (unpaired) electrons. The molecule has 0 spiro atoms. The molecule has 0 aliphatic carbocycles. The fraction of sp³-hybridized carbons (Fsp3) is 0.333. The number of urea groups is 1. The second-order valence-corrected chi connectivity index (χ2v) is 5.28. The Balaban J connectivity index is 0.000000217. The maximum Gasteiger partial charge on any atom is 0.321 e. The van der Waals surface area contributed by atoms with Crippen molar-refractivity contribution in [3.05, 3.63) is 0 Å². The van der Waals surface area contributed by atoms with Crippen molar-refractivity contribution in [2.24, 2.45) is 0 Å². The molecule has 1 aliphatic heterocycles. The Labute approximate surface area is 77.1 Å². The lowest BCUT2D eigenvalue weighted by Crippen LogP contribution is -2.22. The topological polar surface area (TPSA) is 92.3 Å². The van der Waals surface area contributed by atoms with Crippen molar-refractivity contribution in [3.8, 4) is 0 Å². The van der Waals surface area contributed by atoms with Crippen molar-refractivity contribution in [1.29, 1.82) is 0 Å². The summed E-state index contributed by atoms with van der Waals surface area (Å²) in [5.41, 5.74) is 0. The first-order valence-corrected chi connectivity index (χ1v) is 5.64. The van der Waals surface area contributed by atoms with E-state index in [-0.39, 0.29) is 12.5 Å². The monoisotopic (exact) mass is 234 g/mol. The Kier molecular flexibility index (Phi) is 4.29. The minimum atomic E-state index is -3.72. The van der Waals surface area contributed by atoms with Gasteiger partial charge in [-0.25, -0.2) is 4.79 Å². The molecule has 1 aliphatic rings. The lowest BCUT2D eigenvalue weighted by molar-refractivity contribution is -0.117. The molecule has 2 N–H and O–H groups in total. The van der Waals surface area contributed by atoms with Crippen molar-refractivity contribution < 1.29 is 18.0 Å². The number of carbonyl (C=O) groups excluding carboxylic acids is 2. The molecule has 1 rings (SSSR count). The van der Waals surface area contributed by atoms with Crippen LogP contribution in [0.25, 0.3) is 0 Å². The summed E-state index contributed by atoms with van der Waals surface area (Å²) in [6, 6.07) is -0.398. The summed E-state index contributed by atoms with van der Waals surface area (Å²) < 4.78 is 18.3. The van der Waals surface area contributed by atoms with E-state index in [0.29, 0.717) is 0 Å². The van der Waals surface area contributed by atoms with Gasteiger partial charge in [0.2, 0.25) is 5.91 Å². The van der Waals surface area contributed by atoms with Crippen molar-refractivity contribution in [2.45, 2.75) is 0 Å². The van der Waals surface area contributed by atoms with Gasteiger partial charge in [-0.15, -0.1) is 0 Å². The number of nitrogens with one attached hydrogen (secondary N) is 2. The van der Waals surface area contributed by atoms with Crippen molar-refractivity contribution in [3.63, 3.8) is 0 Å². The number of amides is 3. The van der Waals surface area contributed by atoms with Crippen LogP contribution in [0, 0.1) is 0 Å². The molecular weight excluding hydrogens is 231 g/mol. The van der Waals surface area contributed by atoms with Crippen LogP contribution in [-0.2, 0) is 13.1 Å². The van der Waals surface area contributed by atoms with Crippen molar-refractivity contribution in [1.82, 2.24) is 10.6 Å². The summed E-state index contributed by atoms with van der Waals surface area (Å²) in [7, 11) is 4.81. The highest BCUT2D eigenvalue weighted by Crippen LogP contribution is 1.98. The fourth-order valence-corrected chi connectivity index (χ4v) is 0.376. The van der Waals surface area contributed by atoms with Crippen molar-refractivity contribution >= 4 is 41.6 Å². The smallest absolute Gasteiger partial charge is 0.321 e. The Morgan fingerprint density at radius 3 is 1.75 bits per heavy atom. The average Bonchev–Trinajstić information content (AvgIpc) is 2.09. The van der Waals surface area contributed by atoms with E-state index in [0.717, 1.165) is 0 Å². The van der Waals surface area contributed by atoms with Gasteiger partial charge >= 0.3 is 14.3 Å². The molecule has 1 heterocycles. The predicted molar refractivity (Wildman–Crippen MR) is 42.2 cm³/mol. The van der Waals surface area contributed by atoms with Crippen LogP contribution in [0.5, 0.6) is 0 Å². The van der Waals surface area contributed by atoms with E-state index in [1.165, 1.54) is 0 Å². The number of hydrogen-bond donors (Lipinski definition) is 2. The lowest BCUT2D eigenvalue weighted by atomic mass is 10.7. The van der Waals surface area contributed by atoms with Crippen molar-refractivity contribution in [2.75, 3.05) is 6.54 Å². The zero-order valence-corrected chi connectivity index (χ0v) is 7.83. The van der Waals surface area contributed by atoms with Crippen LogP contribution in [0.1, 0.15) is 0 Å². The van der Waals surface area contributed by atoms with Crippen LogP contribution >= 0.6 is 21.4 Å². The number of hydrogen-bond acceptors (Lipinski definition) is 4. The summed E-state index contributed by atoms with van der Waals surface area (Å²) in [6.45, 7) is 0.124. The predicted octanol–water partition coefficient (Wildman–Crippen LogP) is -0.465. The third-order valence-electron chi connectivity index (χ3n) is 0.662. The number of imide groups is 1. The molecule has 0 bridgehead atoms. The summed E-state index contributed by atoms with van der Waals surface area (Å²) in [5.74, 6) is -0.259. The van der Waals surface area contributed by atoms with Gasteiger partial charge in [-0.05, 0) is 0 Å². The maximum atomic E-state index is 10.1. The molecule has 1 fully saturated rings. The summed E-state index contributed by atoms with van der Waals surface area (Å²) in [5, 5.41) is 4.30. The van der Waals surface area contributed by atoms with E-state index in [1.807, 2.05) is 5.32 Å². The molecule has 6 nitrogen and oxygen atoms in total. The maximum absolute atomic E-state index is 10.1. The van der Waals surface area contributed by atoms with Crippen LogP contribution in [0.2, 0.25) is 0 Å². The zero-order valence-electron chi connectivity index (χ0n) is 5.50. The van der Waals surface area contributed by atoms with Crippen LogP contribution in [0.15, 0.2) is 0 Å². The lowest BCUT2D eigenvalue weighted by Gasteiger charge is -1.78. The minimum absolute atomic E-state index is 0.124. The summed E-state index contributed by atoms with van der Waals surface area (Å²) in [6.07, 6.45) is 0. The minimum Gasteiger partial charge on any atom is -0.329 e. The molecule has 0 aromatic rings. The SMILES string of the molecule is O=C1CNC(=O)N1.O=S(=O)(Cl)Cl. The van der Waals surface area contributed by atoms with Gasteiger partial charge in [0.05, 0.1) is 6.54 Å². The van der Waals surface area contributed by atoms with Gasteiger partial charge in [0.25, 0.3) is 0 Å². The number of halogens is 2. The van der Waals surface area contributed by atoms with Gasteiger partial charge in [-0.2, -0.15) is 8.42 Å². The Morgan fingerprint density at radius 2 is 1.67 bits per heavy atom. The van der Waals surface area contributed by atoms with E-state index in [2.05, 4.69) is 26.7 Å². The quantitative estimate of drug-likeness (QED) is 0.438. The molecule has 0 aromatic carbocycles. The molecule has 3 amide bonds. The van der Waals surface area contributed by atoms with E-state index in [1.54, 1.807) is 0 Å². The Bertz CT molecular complexity index is 265. The molecule has 0 saturated carbocycles. The molecule has 0 unspecified atom stereocenters. The molecule has 70 valence electrons. The van der Waals surface area contributed by atoms with E-state index in [4.69, 9.17) is 8.42 Å². The highest BCUT2D eigenvalue weighted by Gasteiger charge is 2.14. The van der Waals surface area contributed by atoms with Gasteiger partial charge in [-0.1, -0.05) is 0 Å². The van der Waals surface area contributed by atoms with Crippen LogP contribution in [0.3, 0.4) is 0 Å². The van der Waals surface area contributed by atoms with E-state index < -0.39 is 14.3 Å². The van der Waals surface area contributed by atoms with Gasteiger partial charge in [0.1, 0.15) is 0 Å². The van der Waals surface area contributed by atoms with Gasteiger partial charge in [0, 0.05) is 21.4 Å². The van der Waals surface area contributed by atoms with Gasteiger partial charge in [0.15, 0.2) is 0 Å². The highest BCUT2D eigenvalue weighted by atomic mass is 36.0. The first kappa shape index (κ1) is 11.5. The Morgan fingerprint density at radius 1 is 1.25 bits per heavy atom. The molecule has 0 aromatic heterocycles. The standard InChI is InChI=1S/C3H4N2O2.Cl2O2S/c6-2-1-4-3(7)5-2;1-5(2,3)4/h1H2,(H2,4,5,6,7);.